The van der Waals surface area contributed by atoms with E-state index in [4.69, 9.17) is 0 Å². The summed E-state index contributed by atoms with van der Waals surface area (Å²) in [4.78, 5) is 15.1. The molecule has 2 aromatic rings. The Morgan fingerprint density at radius 3 is 2.21 bits per heavy atom. The number of rotatable bonds is 3. The van der Waals surface area contributed by atoms with Crippen molar-refractivity contribution in [3.63, 3.8) is 0 Å². The SMILES string of the molecule is [CH2]C(c1ccccc1)C1CCC(C)N(C(=O)c2ccccc2)C1C. The summed E-state index contributed by atoms with van der Waals surface area (Å²) in [7, 11) is 0. The van der Waals surface area contributed by atoms with Crippen LogP contribution in [0.3, 0.4) is 0 Å². The zero-order valence-electron chi connectivity index (χ0n) is 14.6. The van der Waals surface area contributed by atoms with E-state index in [2.05, 4.69) is 49.9 Å². The van der Waals surface area contributed by atoms with Crippen LogP contribution in [-0.2, 0) is 0 Å². The first-order valence-electron chi connectivity index (χ1n) is 8.85. The van der Waals surface area contributed by atoms with E-state index in [1.807, 2.05) is 36.4 Å². The molecule has 0 aromatic heterocycles. The van der Waals surface area contributed by atoms with Gasteiger partial charge in [0.1, 0.15) is 0 Å². The molecule has 1 radical (unpaired) electrons. The van der Waals surface area contributed by atoms with Crippen molar-refractivity contribution in [3.8, 4) is 0 Å². The molecule has 1 fully saturated rings. The average Bonchev–Trinajstić information content (AvgIpc) is 2.63. The second kappa shape index (κ2) is 7.21. The molecule has 0 aliphatic carbocycles. The van der Waals surface area contributed by atoms with E-state index in [1.54, 1.807) is 0 Å². The number of nitrogens with zero attached hydrogens (tertiary/aromatic N) is 1. The molecule has 1 aliphatic heterocycles. The molecule has 0 spiro atoms. The fourth-order valence-corrected chi connectivity index (χ4v) is 4.02. The predicted octanol–water partition coefficient (Wildman–Crippen LogP) is 4.93. The van der Waals surface area contributed by atoms with E-state index in [0.29, 0.717) is 5.92 Å². The van der Waals surface area contributed by atoms with Gasteiger partial charge in [0.15, 0.2) is 0 Å². The van der Waals surface area contributed by atoms with Crippen LogP contribution in [0.1, 0.15) is 48.5 Å². The number of carbonyl (C=O) groups is 1. The Morgan fingerprint density at radius 2 is 1.58 bits per heavy atom. The molecule has 0 saturated carbocycles. The summed E-state index contributed by atoms with van der Waals surface area (Å²) in [5.41, 5.74) is 2.04. The largest absolute Gasteiger partial charge is 0.333 e. The number of piperidine rings is 1. The lowest BCUT2D eigenvalue weighted by molar-refractivity contribution is 0.0338. The lowest BCUT2D eigenvalue weighted by atomic mass is 9.76. The molecule has 1 aliphatic rings. The zero-order valence-corrected chi connectivity index (χ0v) is 14.6. The fraction of sp³-hybridized carbons (Fsp3) is 0.364. The van der Waals surface area contributed by atoms with E-state index >= 15 is 0 Å². The van der Waals surface area contributed by atoms with Crippen molar-refractivity contribution in [2.75, 3.05) is 0 Å². The minimum absolute atomic E-state index is 0.139. The number of benzene rings is 2. The van der Waals surface area contributed by atoms with E-state index in [-0.39, 0.29) is 23.9 Å². The van der Waals surface area contributed by atoms with E-state index in [0.717, 1.165) is 18.4 Å². The minimum Gasteiger partial charge on any atom is -0.333 e. The molecule has 125 valence electrons. The van der Waals surface area contributed by atoms with Gasteiger partial charge in [-0.25, -0.2) is 0 Å². The number of hydrogen-bond donors (Lipinski definition) is 0. The number of carbonyl (C=O) groups excluding carboxylic acids is 1. The van der Waals surface area contributed by atoms with Crippen LogP contribution in [0.15, 0.2) is 60.7 Å². The standard InChI is InChI=1S/C22H26NO/c1-16-14-15-21(17(2)19-10-6-4-7-11-19)18(3)23(16)22(24)20-12-8-5-9-13-20/h4-13,16-18,21H,2,14-15H2,1,3H3. The van der Waals surface area contributed by atoms with Crippen molar-refractivity contribution >= 4 is 5.91 Å². The van der Waals surface area contributed by atoms with Crippen molar-refractivity contribution in [1.82, 2.24) is 4.90 Å². The smallest absolute Gasteiger partial charge is 0.254 e. The van der Waals surface area contributed by atoms with Crippen molar-refractivity contribution in [1.29, 1.82) is 0 Å². The van der Waals surface area contributed by atoms with Crippen LogP contribution in [0.25, 0.3) is 0 Å². The Labute approximate surface area is 145 Å². The van der Waals surface area contributed by atoms with Crippen LogP contribution >= 0.6 is 0 Å². The summed E-state index contributed by atoms with van der Waals surface area (Å²) in [6, 6.07) is 20.5. The van der Waals surface area contributed by atoms with Crippen molar-refractivity contribution in [3.05, 3.63) is 78.7 Å². The second-order valence-corrected chi connectivity index (χ2v) is 6.93. The highest BCUT2D eigenvalue weighted by molar-refractivity contribution is 5.94. The third-order valence-corrected chi connectivity index (χ3v) is 5.45. The molecule has 4 unspecified atom stereocenters. The summed E-state index contributed by atoms with van der Waals surface area (Å²) in [6.07, 6.45) is 2.15. The summed E-state index contributed by atoms with van der Waals surface area (Å²) < 4.78 is 0. The zero-order chi connectivity index (χ0) is 17.1. The lowest BCUT2D eigenvalue weighted by Gasteiger charge is -2.46. The Bertz CT molecular complexity index is 667. The van der Waals surface area contributed by atoms with Crippen molar-refractivity contribution in [2.24, 2.45) is 5.92 Å². The van der Waals surface area contributed by atoms with Gasteiger partial charge < -0.3 is 4.90 Å². The molecule has 2 nitrogen and oxygen atoms in total. The van der Waals surface area contributed by atoms with Crippen molar-refractivity contribution in [2.45, 2.75) is 44.7 Å². The first-order valence-corrected chi connectivity index (χ1v) is 8.85. The third-order valence-electron chi connectivity index (χ3n) is 5.45. The van der Waals surface area contributed by atoms with Gasteiger partial charge in [-0.15, -0.1) is 0 Å². The summed E-state index contributed by atoms with van der Waals surface area (Å²) in [5, 5.41) is 0. The van der Waals surface area contributed by atoms with Gasteiger partial charge >= 0.3 is 0 Å². The van der Waals surface area contributed by atoms with Crippen LogP contribution in [0.4, 0.5) is 0 Å². The van der Waals surface area contributed by atoms with E-state index in [9.17, 15) is 4.79 Å². The van der Waals surface area contributed by atoms with Gasteiger partial charge in [-0.1, -0.05) is 48.5 Å². The Morgan fingerprint density at radius 1 is 1.00 bits per heavy atom. The molecular weight excluding hydrogens is 294 g/mol. The molecule has 24 heavy (non-hydrogen) atoms. The molecule has 1 saturated heterocycles. The molecule has 1 amide bonds. The maximum absolute atomic E-state index is 13.0. The van der Waals surface area contributed by atoms with E-state index in [1.165, 1.54) is 5.56 Å². The molecule has 2 heteroatoms. The van der Waals surface area contributed by atoms with Gasteiger partial charge in [-0.2, -0.15) is 0 Å². The number of amides is 1. The topological polar surface area (TPSA) is 20.3 Å². The van der Waals surface area contributed by atoms with Crippen LogP contribution in [0.2, 0.25) is 0 Å². The molecular formula is C22H26NO. The molecule has 4 atom stereocenters. The van der Waals surface area contributed by atoms with E-state index < -0.39 is 0 Å². The Kier molecular flexibility index (Phi) is 5.03. The van der Waals surface area contributed by atoms with Gasteiger partial charge in [-0.05, 0) is 63.1 Å². The summed E-state index contributed by atoms with van der Waals surface area (Å²) in [5.74, 6) is 0.733. The van der Waals surface area contributed by atoms with Gasteiger partial charge in [0, 0.05) is 17.6 Å². The second-order valence-electron chi connectivity index (χ2n) is 6.93. The molecule has 1 heterocycles. The first kappa shape index (κ1) is 16.8. The predicted molar refractivity (Wildman–Crippen MR) is 98.8 cm³/mol. The van der Waals surface area contributed by atoms with Gasteiger partial charge in [-0.3, -0.25) is 4.79 Å². The monoisotopic (exact) mass is 320 g/mol. The summed E-state index contributed by atoms with van der Waals surface area (Å²) >= 11 is 0. The number of likely N-dealkylation sites (tertiary alicyclic amines) is 1. The normalized spacial score (nSPS) is 25.3. The molecule has 0 N–H and O–H groups in total. The highest BCUT2D eigenvalue weighted by Gasteiger charge is 2.38. The molecule has 2 aromatic carbocycles. The fourth-order valence-electron chi connectivity index (χ4n) is 4.02. The maximum Gasteiger partial charge on any atom is 0.254 e. The van der Waals surface area contributed by atoms with Crippen LogP contribution in [-0.4, -0.2) is 22.9 Å². The van der Waals surface area contributed by atoms with Gasteiger partial charge in [0.05, 0.1) is 0 Å². The third kappa shape index (κ3) is 3.24. The van der Waals surface area contributed by atoms with Gasteiger partial charge in [0.2, 0.25) is 0 Å². The Hall–Kier alpha value is -2.09. The Balaban J connectivity index is 1.84. The molecule has 0 bridgehead atoms. The average molecular weight is 320 g/mol. The first-order chi connectivity index (χ1) is 11.6. The minimum atomic E-state index is 0.139. The lowest BCUT2D eigenvalue weighted by Crippen LogP contribution is -2.52. The van der Waals surface area contributed by atoms with Crippen molar-refractivity contribution < 1.29 is 4.79 Å². The van der Waals surface area contributed by atoms with Crippen LogP contribution < -0.4 is 0 Å². The number of hydrogen-bond acceptors (Lipinski definition) is 1. The van der Waals surface area contributed by atoms with Gasteiger partial charge in [0.25, 0.3) is 5.91 Å². The molecule has 3 rings (SSSR count). The highest BCUT2D eigenvalue weighted by Crippen LogP contribution is 2.38. The highest BCUT2D eigenvalue weighted by atomic mass is 16.2. The summed E-state index contributed by atoms with van der Waals surface area (Å²) in [6.45, 7) is 8.78. The maximum atomic E-state index is 13.0. The van der Waals surface area contributed by atoms with Crippen LogP contribution in [0, 0.1) is 12.8 Å². The van der Waals surface area contributed by atoms with Crippen LogP contribution in [0.5, 0.6) is 0 Å². The quantitative estimate of drug-likeness (QED) is 0.785.